The highest BCUT2D eigenvalue weighted by Gasteiger charge is 2.25. The number of likely N-dealkylation sites (N-methyl/N-ethyl adjacent to an activating group) is 1. The summed E-state index contributed by atoms with van der Waals surface area (Å²) < 4.78 is 7.78. The first-order valence-electron chi connectivity index (χ1n) is 11.0. The average molecular weight is 553 g/mol. The molecule has 0 saturated heterocycles. The van der Waals surface area contributed by atoms with Crippen LogP contribution < -0.4 is 15.4 Å². The third-order valence-corrected chi connectivity index (χ3v) is 5.70. The topological polar surface area (TPSA) is 96.7 Å². The van der Waals surface area contributed by atoms with Crippen molar-refractivity contribution in [3.05, 3.63) is 41.5 Å². The van der Waals surface area contributed by atoms with Crippen LogP contribution in [0.15, 0.2) is 29.3 Å². The molecular formula is C22H32IN7O2. The second kappa shape index (κ2) is 11.0. The number of rotatable bonds is 5. The highest BCUT2D eigenvalue weighted by Crippen LogP contribution is 2.31. The van der Waals surface area contributed by atoms with Crippen molar-refractivity contribution in [2.24, 2.45) is 4.99 Å². The molecule has 4 rings (SSSR count). The zero-order valence-corrected chi connectivity index (χ0v) is 21.2. The summed E-state index contributed by atoms with van der Waals surface area (Å²) in [7, 11) is 3.48. The van der Waals surface area contributed by atoms with Crippen molar-refractivity contribution in [2.45, 2.75) is 51.2 Å². The van der Waals surface area contributed by atoms with Gasteiger partial charge in [0.1, 0.15) is 18.1 Å². The van der Waals surface area contributed by atoms with Crippen LogP contribution in [0.5, 0.6) is 5.75 Å². The fraction of sp³-hybridized carbons (Fsp3) is 0.545. The summed E-state index contributed by atoms with van der Waals surface area (Å²) in [6.07, 6.45) is 3.47. The van der Waals surface area contributed by atoms with Crippen LogP contribution >= 0.6 is 24.0 Å². The number of benzene rings is 1. The minimum absolute atomic E-state index is 0. The highest BCUT2D eigenvalue weighted by molar-refractivity contribution is 14.0. The molecule has 0 fully saturated rings. The van der Waals surface area contributed by atoms with Gasteiger partial charge in [0.15, 0.2) is 11.8 Å². The van der Waals surface area contributed by atoms with Gasteiger partial charge in [-0.1, -0.05) is 25.1 Å². The minimum Gasteiger partial charge on any atom is -0.493 e. The van der Waals surface area contributed by atoms with E-state index in [4.69, 9.17) is 4.74 Å². The predicted molar refractivity (Wildman–Crippen MR) is 133 cm³/mol. The monoisotopic (exact) mass is 553 g/mol. The van der Waals surface area contributed by atoms with Crippen molar-refractivity contribution in [2.75, 3.05) is 27.2 Å². The molecule has 0 spiro atoms. The Morgan fingerprint density at radius 3 is 2.88 bits per heavy atom. The molecular weight excluding hydrogens is 521 g/mol. The van der Waals surface area contributed by atoms with E-state index in [9.17, 15) is 4.79 Å². The van der Waals surface area contributed by atoms with Gasteiger partial charge >= 0.3 is 0 Å². The molecule has 2 N–H and O–H groups in total. The molecule has 0 aliphatic carbocycles. The molecule has 10 heteroatoms. The van der Waals surface area contributed by atoms with E-state index < -0.39 is 0 Å². The normalized spacial score (nSPS) is 19.7. The van der Waals surface area contributed by atoms with Gasteiger partial charge in [0.25, 0.3) is 0 Å². The molecule has 2 atom stereocenters. The number of para-hydroxylation sites is 1. The molecule has 0 saturated carbocycles. The van der Waals surface area contributed by atoms with Crippen molar-refractivity contribution in [1.29, 1.82) is 0 Å². The maximum atomic E-state index is 12.2. The maximum Gasteiger partial charge on any atom is 0.243 e. The van der Waals surface area contributed by atoms with Gasteiger partial charge in [-0.05, 0) is 12.5 Å². The third-order valence-electron chi connectivity index (χ3n) is 5.70. The average Bonchev–Trinajstić information content (AvgIpc) is 3.20. The van der Waals surface area contributed by atoms with Crippen LogP contribution in [0.4, 0.5) is 0 Å². The number of ether oxygens (including phenoxy) is 1. The number of halogens is 1. The number of guanidine groups is 1. The molecule has 0 radical (unpaired) electrons. The summed E-state index contributed by atoms with van der Waals surface area (Å²) in [6, 6.07) is 8.29. The quantitative estimate of drug-likeness (QED) is 0.334. The Morgan fingerprint density at radius 1 is 1.28 bits per heavy atom. The molecule has 32 heavy (non-hydrogen) atoms. The summed E-state index contributed by atoms with van der Waals surface area (Å²) in [6.45, 7) is 3.53. The lowest BCUT2D eigenvalue weighted by Crippen LogP contribution is -2.49. The Balaban J connectivity index is 0.00000289. The van der Waals surface area contributed by atoms with E-state index in [0.29, 0.717) is 12.6 Å². The fourth-order valence-corrected chi connectivity index (χ4v) is 3.90. The molecule has 2 unspecified atom stereocenters. The van der Waals surface area contributed by atoms with E-state index in [0.717, 1.165) is 55.2 Å². The van der Waals surface area contributed by atoms with E-state index in [1.54, 1.807) is 19.0 Å². The number of hydrogen-bond acceptors (Lipinski definition) is 5. The second-order valence-corrected chi connectivity index (χ2v) is 8.18. The second-order valence-electron chi connectivity index (χ2n) is 8.18. The number of aryl methyl sites for hydroxylation is 2. The van der Waals surface area contributed by atoms with E-state index in [1.807, 2.05) is 22.9 Å². The van der Waals surface area contributed by atoms with Gasteiger partial charge in [0, 0.05) is 45.0 Å². The summed E-state index contributed by atoms with van der Waals surface area (Å²) >= 11 is 0. The summed E-state index contributed by atoms with van der Waals surface area (Å²) in [5.41, 5.74) is 1.11. The first-order chi connectivity index (χ1) is 15.0. The SMILES string of the molecule is CCc1nc2n(n1)CC(NC(=NCC(=O)N(C)C)NC1CCOc3ccccc31)CC2.I. The molecule has 1 amide bonds. The van der Waals surface area contributed by atoms with Crippen molar-refractivity contribution >= 4 is 35.8 Å². The first kappa shape index (κ1) is 24.3. The van der Waals surface area contributed by atoms with Crippen molar-refractivity contribution in [3.8, 4) is 5.75 Å². The summed E-state index contributed by atoms with van der Waals surface area (Å²) in [4.78, 5) is 22.9. The van der Waals surface area contributed by atoms with Crippen LogP contribution in [0, 0.1) is 0 Å². The molecule has 3 heterocycles. The Hall–Kier alpha value is -2.37. The molecule has 0 bridgehead atoms. The Kier molecular flexibility index (Phi) is 8.32. The lowest BCUT2D eigenvalue weighted by atomic mass is 10.0. The molecule has 2 aromatic rings. The van der Waals surface area contributed by atoms with E-state index >= 15 is 0 Å². The lowest BCUT2D eigenvalue weighted by molar-refractivity contribution is -0.127. The van der Waals surface area contributed by atoms with Crippen LogP contribution in [0.1, 0.15) is 43.0 Å². The Morgan fingerprint density at radius 2 is 2.09 bits per heavy atom. The van der Waals surface area contributed by atoms with Gasteiger partial charge in [-0.25, -0.2) is 14.7 Å². The molecule has 174 valence electrons. The molecule has 1 aromatic heterocycles. The molecule has 2 aliphatic heterocycles. The standard InChI is InChI=1S/C22H31N7O2.HI/c1-4-19-26-20-10-9-15(14-29(20)27-19)24-22(23-13-21(30)28(2)3)25-17-11-12-31-18-8-6-5-7-16(17)18;/h5-8,15,17H,4,9-14H2,1-3H3,(H2,23,24,25);1H. The van der Waals surface area contributed by atoms with Crippen molar-refractivity contribution in [3.63, 3.8) is 0 Å². The summed E-state index contributed by atoms with van der Waals surface area (Å²) in [5, 5.41) is 11.7. The number of amides is 1. The van der Waals surface area contributed by atoms with Crippen LogP contribution in [0.3, 0.4) is 0 Å². The molecule has 2 aliphatic rings. The summed E-state index contributed by atoms with van der Waals surface area (Å²) in [5.74, 6) is 3.43. The Labute approximate surface area is 206 Å². The number of carbonyl (C=O) groups excluding carboxylic acids is 1. The molecule has 1 aromatic carbocycles. The number of aromatic nitrogens is 3. The smallest absolute Gasteiger partial charge is 0.243 e. The number of fused-ring (bicyclic) bond motifs is 2. The number of nitrogens with one attached hydrogen (secondary N) is 2. The Bertz CT molecular complexity index is 960. The van der Waals surface area contributed by atoms with Crippen LogP contribution in [0.2, 0.25) is 0 Å². The van der Waals surface area contributed by atoms with Gasteiger partial charge in [-0.3, -0.25) is 4.79 Å². The van der Waals surface area contributed by atoms with Crippen LogP contribution in [-0.2, 0) is 24.2 Å². The van der Waals surface area contributed by atoms with Gasteiger partial charge in [0.2, 0.25) is 5.91 Å². The van der Waals surface area contributed by atoms with Gasteiger partial charge in [-0.15, -0.1) is 24.0 Å². The van der Waals surface area contributed by atoms with Crippen molar-refractivity contribution < 1.29 is 9.53 Å². The maximum absolute atomic E-state index is 12.2. The first-order valence-corrected chi connectivity index (χ1v) is 11.0. The van der Waals surface area contributed by atoms with E-state index in [-0.39, 0.29) is 48.5 Å². The largest absolute Gasteiger partial charge is 0.493 e. The zero-order valence-electron chi connectivity index (χ0n) is 18.9. The van der Waals surface area contributed by atoms with Crippen LogP contribution in [-0.4, -0.2) is 64.8 Å². The lowest BCUT2D eigenvalue weighted by Gasteiger charge is -2.30. The van der Waals surface area contributed by atoms with E-state index in [2.05, 4.69) is 38.7 Å². The zero-order chi connectivity index (χ0) is 21.8. The number of nitrogens with zero attached hydrogens (tertiary/aromatic N) is 5. The number of hydrogen-bond donors (Lipinski definition) is 2. The highest BCUT2D eigenvalue weighted by atomic mass is 127. The van der Waals surface area contributed by atoms with Gasteiger partial charge in [0.05, 0.1) is 19.2 Å². The van der Waals surface area contributed by atoms with Gasteiger partial charge < -0.3 is 20.3 Å². The number of aliphatic imine (C=N–C) groups is 1. The number of carbonyl (C=O) groups is 1. The van der Waals surface area contributed by atoms with Crippen LogP contribution in [0.25, 0.3) is 0 Å². The third kappa shape index (κ3) is 5.70. The van der Waals surface area contributed by atoms with Crippen molar-refractivity contribution in [1.82, 2.24) is 30.3 Å². The fourth-order valence-electron chi connectivity index (χ4n) is 3.90. The van der Waals surface area contributed by atoms with Gasteiger partial charge in [-0.2, -0.15) is 5.10 Å². The predicted octanol–water partition coefficient (Wildman–Crippen LogP) is 1.92. The molecule has 9 nitrogen and oxygen atoms in total. The minimum atomic E-state index is -0.0386. The van der Waals surface area contributed by atoms with E-state index in [1.165, 1.54) is 0 Å².